The lowest BCUT2D eigenvalue weighted by molar-refractivity contribution is 0.827. The molecule has 2 atom stereocenters. The molecule has 0 N–H and O–H groups in total. The van der Waals surface area contributed by atoms with Gasteiger partial charge in [0.25, 0.3) is 0 Å². The summed E-state index contributed by atoms with van der Waals surface area (Å²) in [5, 5.41) is 0. The summed E-state index contributed by atoms with van der Waals surface area (Å²) in [7, 11) is 0. The molecule has 0 aromatic heterocycles. The zero-order chi connectivity index (χ0) is 23.4. The van der Waals surface area contributed by atoms with Crippen LogP contribution in [0.5, 0.6) is 0 Å². The molecule has 2 unspecified atom stereocenters. The summed E-state index contributed by atoms with van der Waals surface area (Å²) in [5.41, 5.74) is 15.4. The van der Waals surface area contributed by atoms with E-state index in [4.69, 9.17) is 0 Å². The summed E-state index contributed by atoms with van der Waals surface area (Å²) in [6, 6.07) is 42.7. The van der Waals surface area contributed by atoms with Gasteiger partial charge in [0.1, 0.15) is 0 Å². The minimum atomic E-state index is 0.281. The largest absolute Gasteiger partial charge is 0.0985 e. The quantitative estimate of drug-likeness (QED) is 0.254. The molecule has 0 amide bonds. The lowest BCUT2D eigenvalue weighted by atomic mass is 9.84. The van der Waals surface area contributed by atoms with Gasteiger partial charge in [0.2, 0.25) is 0 Å². The van der Waals surface area contributed by atoms with Crippen molar-refractivity contribution in [3.8, 4) is 22.3 Å². The highest BCUT2D eigenvalue weighted by Gasteiger charge is 2.38. The summed E-state index contributed by atoms with van der Waals surface area (Å²) >= 11 is 0. The highest BCUT2D eigenvalue weighted by atomic mass is 14.4. The van der Waals surface area contributed by atoms with E-state index in [0.717, 1.165) is 6.42 Å². The van der Waals surface area contributed by atoms with Gasteiger partial charge in [-0.25, -0.2) is 0 Å². The first-order valence-electron chi connectivity index (χ1n) is 12.4. The molecule has 0 fully saturated rings. The monoisotopic (exact) mass is 446 g/mol. The van der Waals surface area contributed by atoms with Crippen LogP contribution in [-0.2, 0) is 6.42 Å². The lowest BCUT2D eigenvalue weighted by Gasteiger charge is -2.19. The van der Waals surface area contributed by atoms with E-state index < -0.39 is 0 Å². The molecule has 7 rings (SSSR count). The molecule has 0 radical (unpaired) electrons. The molecule has 35 heavy (non-hydrogen) atoms. The summed E-state index contributed by atoms with van der Waals surface area (Å²) in [5.74, 6) is 0.622. The smallest absolute Gasteiger partial charge is 0.0352 e. The van der Waals surface area contributed by atoms with Crippen LogP contribution >= 0.6 is 0 Å². The Balaban J connectivity index is 1.46. The summed E-state index contributed by atoms with van der Waals surface area (Å²) in [6.07, 6.45) is 2.91. The highest BCUT2D eigenvalue weighted by molar-refractivity contribution is 5.92. The number of fused-ring (bicyclic) bond motifs is 7. The molecular formula is C35H26. The molecule has 0 aliphatic heterocycles. The van der Waals surface area contributed by atoms with Gasteiger partial charge in [-0.3, -0.25) is 0 Å². The molecule has 5 aromatic rings. The second kappa shape index (κ2) is 7.96. The van der Waals surface area contributed by atoms with Gasteiger partial charge in [0, 0.05) is 11.8 Å². The second-order valence-corrected chi connectivity index (χ2v) is 9.71. The normalized spacial score (nSPS) is 16.8. The van der Waals surface area contributed by atoms with Gasteiger partial charge in [0.15, 0.2) is 0 Å². The van der Waals surface area contributed by atoms with Gasteiger partial charge in [0.05, 0.1) is 0 Å². The van der Waals surface area contributed by atoms with Crippen LogP contribution in [0.2, 0.25) is 0 Å². The Labute approximate surface area is 207 Å². The Kier molecular flexibility index (Phi) is 4.60. The molecule has 166 valence electrons. The van der Waals surface area contributed by atoms with Gasteiger partial charge in [-0.2, -0.15) is 0 Å². The van der Waals surface area contributed by atoms with Crippen molar-refractivity contribution in [1.29, 1.82) is 0 Å². The zero-order valence-electron chi connectivity index (χ0n) is 19.6. The molecule has 2 aliphatic rings. The first-order valence-corrected chi connectivity index (χ1v) is 12.4. The minimum absolute atomic E-state index is 0.281. The lowest BCUT2D eigenvalue weighted by Crippen LogP contribution is -2.04. The third-order valence-corrected chi connectivity index (χ3v) is 7.89. The standard InChI is InChI=1S/C35H26/c1-2-23-16-18-24(19-17-23)22-32-27-13-7-6-12-26(27)30-20-21-31-33(25-10-4-3-5-11-25)28-14-8-9-15-29(28)34(31)35(30)32/h2-21,32-33H,1,22H2. The van der Waals surface area contributed by atoms with E-state index in [9.17, 15) is 0 Å². The molecule has 0 saturated carbocycles. The predicted octanol–water partition coefficient (Wildman–Crippen LogP) is 8.85. The fourth-order valence-corrected chi connectivity index (χ4v) is 6.36. The van der Waals surface area contributed by atoms with Crippen molar-refractivity contribution >= 4 is 6.08 Å². The van der Waals surface area contributed by atoms with Crippen molar-refractivity contribution in [2.24, 2.45) is 0 Å². The highest BCUT2D eigenvalue weighted by Crippen LogP contribution is 2.57. The average molecular weight is 447 g/mol. The maximum absolute atomic E-state index is 3.92. The van der Waals surface area contributed by atoms with Crippen molar-refractivity contribution in [1.82, 2.24) is 0 Å². The maximum Gasteiger partial charge on any atom is 0.0352 e. The second-order valence-electron chi connectivity index (χ2n) is 9.71. The third kappa shape index (κ3) is 3.07. The third-order valence-electron chi connectivity index (χ3n) is 7.89. The predicted molar refractivity (Wildman–Crippen MR) is 147 cm³/mol. The van der Waals surface area contributed by atoms with Crippen molar-refractivity contribution < 1.29 is 0 Å². The van der Waals surface area contributed by atoms with Crippen molar-refractivity contribution in [2.45, 2.75) is 18.3 Å². The van der Waals surface area contributed by atoms with Crippen molar-refractivity contribution in [3.63, 3.8) is 0 Å². The molecule has 0 spiro atoms. The summed E-state index contributed by atoms with van der Waals surface area (Å²) < 4.78 is 0. The fourth-order valence-electron chi connectivity index (χ4n) is 6.36. The van der Waals surface area contributed by atoms with Crippen LogP contribution < -0.4 is 0 Å². The topological polar surface area (TPSA) is 0 Å². The SMILES string of the molecule is C=Cc1ccc(CC2c3ccccc3-c3ccc4c(c32)-c2ccccc2C4c2ccccc2)cc1. The molecule has 0 saturated heterocycles. The fraction of sp³-hybridized carbons (Fsp3) is 0.0857. The first-order chi connectivity index (χ1) is 17.3. The molecule has 0 bridgehead atoms. The van der Waals surface area contributed by atoms with Crippen LogP contribution in [0.15, 0.2) is 122 Å². The van der Waals surface area contributed by atoms with Crippen LogP contribution in [0.4, 0.5) is 0 Å². The van der Waals surface area contributed by atoms with E-state index in [0.29, 0.717) is 5.92 Å². The zero-order valence-corrected chi connectivity index (χ0v) is 19.6. The minimum Gasteiger partial charge on any atom is -0.0985 e. The Hall–Kier alpha value is -4.16. The van der Waals surface area contributed by atoms with E-state index in [1.54, 1.807) is 0 Å². The van der Waals surface area contributed by atoms with E-state index in [1.807, 2.05) is 6.08 Å². The molecular weight excluding hydrogens is 420 g/mol. The van der Waals surface area contributed by atoms with Crippen LogP contribution in [-0.4, -0.2) is 0 Å². The van der Waals surface area contributed by atoms with Crippen molar-refractivity contribution in [2.75, 3.05) is 0 Å². The summed E-state index contributed by atoms with van der Waals surface area (Å²) in [4.78, 5) is 0. The van der Waals surface area contributed by atoms with E-state index in [1.165, 1.54) is 61.2 Å². The Morgan fingerprint density at radius 1 is 0.571 bits per heavy atom. The van der Waals surface area contributed by atoms with Gasteiger partial charge in [-0.15, -0.1) is 0 Å². The van der Waals surface area contributed by atoms with Crippen LogP contribution in [0.3, 0.4) is 0 Å². The Bertz CT molecular complexity index is 1570. The molecule has 0 nitrogen and oxygen atoms in total. The number of rotatable bonds is 4. The van der Waals surface area contributed by atoms with E-state index in [2.05, 4.69) is 122 Å². The first kappa shape index (κ1) is 20.2. The van der Waals surface area contributed by atoms with Crippen LogP contribution in [0.25, 0.3) is 28.3 Å². The van der Waals surface area contributed by atoms with Gasteiger partial charge < -0.3 is 0 Å². The average Bonchev–Trinajstić information content (AvgIpc) is 3.42. The Morgan fingerprint density at radius 2 is 1.26 bits per heavy atom. The van der Waals surface area contributed by atoms with Gasteiger partial charge in [-0.1, -0.05) is 128 Å². The number of benzene rings is 5. The number of hydrogen-bond acceptors (Lipinski definition) is 0. The van der Waals surface area contributed by atoms with Crippen LogP contribution in [0, 0.1) is 0 Å². The van der Waals surface area contributed by atoms with E-state index >= 15 is 0 Å². The molecule has 0 heteroatoms. The van der Waals surface area contributed by atoms with Gasteiger partial charge >= 0.3 is 0 Å². The molecule has 2 aliphatic carbocycles. The Morgan fingerprint density at radius 3 is 2.03 bits per heavy atom. The van der Waals surface area contributed by atoms with Crippen molar-refractivity contribution in [3.05, 3.63) is 161 Å². The molecule has 0 heterocycles. The van der Waals surface area contributed by atoms with Gasteiger partial charge in [-0.05, 0) is 67.6 Å². The number of hydrogen-bond donors (Lipinski definition) is 0. The summed E-state index contributed by atoms with van der Waals surface area (Å²) in [6.45, 7) is 3.92. The van der Waals surface area contributed by atoms with E-state index in [-0.39, 0.29) is 5.92 Å². The maximum atomic E-state index is 3.92. The van der Waals surface area contributed by atoms with Crippen LogP contribution in [0.1, 0.15) is 50.8 Å². The molecule has 5 aromatic carbocycles.